The highest BCUT2D eigenvalue weighted by Gasteiger charge is 2.15. The van der Waals surface area contributed by atoms with Gasteiger partial charge in [0.15, 0.2) is 5.69 Å². The molecule has 4 N–H and O–H groups in total. The van der Waals surface area contributed by atoms with E-state index in [9.17, 15) is 4.79 Å². The Balaban J connectivity index is 0.00000225. The van der Waals surface area contributed by atoms with Crippen LogP contribution in [0.5, 0.6) is 0 Å². The van der Waals surface area contributed by atoms with Gasteiger partial charge in [0, 0.05) is 0 Å². The van der Waals surface area contributed by atoms with Gasteiger partial charge in [-0.2, -0.15) is 0 Å². The first-order chi connectivity index (χ1) is 7.00. The molecule has 7 heteroatoms. The average molecular weight is 267 g/mol. The van der Waals surface area contributed by atoms with Crippen molar-refractivity contribution in [3.63, 3.8) is 0 Å². The standard InChI is InChI=1S/C9H9Cl2NO3.H3N/c1-5(13)4-15-9(14)8-6(10)2-3-7(11)12-8;/h2-3,5,13H,4H2,1H3;1H3. The van der Waals surface area contributed by atoms with E-state index in [0.29, 0.717) is 0 Å². The van der Waals surface area contributed by atoms with Gasteiger partial charge in [0.1, 0.15) is 11.8 Å². The molecule has 0 aliphatic rings. The van der Waals surface area contributed by atoms with Crippen molar-refractivity contribution in [2.24, 2.45) is 0 Å². The first kappa shape index (κ1) is 15.1. The second-order valence-electron chi connectivity index (χ2n) is 2.91. The first-order valence-corrected chi connectivity index (χ1v) is 4.93. The van der Waals surface area contributed by atoms with Crippen molar-refractivity contribution in [2.75, 3.05) is 6.61 Å². The van der Waals surface area contributed by atoms with Gasteiger partial charge >= 0.3 is 5.97 Å². The Hall–Kier alpha value is -0.880. The molecule has 0 aliphatic heterocycles. The lowest BCUT2D eigenvalue weighted by Crippen LogP contribution is -2.16. The Morgan fingerprint density at radius 3 is 2.75 bits per heavy atom. The molecule has 0 saturated carbocycles. The Bertz CT molecular complexity index is 372. The van der Waals surface area contributed by atoms with Crippen LogP contribution in [0.1, 0.15) is 17.4 Å². The highest BCUT2D eigenvalue weighted by atomic mass is 35.5. The maximum absolute atomic E-state index is 11.4. The molecule has 16 heavy (non-hydrogen) atoms. The van der Waals surface area contributed by atoms with Crippen LogP contribution >= 0.6 is 23.2 Å². The van der Waals surface area contributed by atoms with Crippen molar-refractivity contribution in [2.45, 2.75) is 13.0 Å². The largest absolute Gasteiger partial charge is 0.458 e. The Morgan fingerprint density at radius 2 is 2.19 bits per heavy atom. The Labute approximate surface area is 103 Å². The van der Waals surface area contributed by atoms with Gasteiger partial charge < -0.3 is 16.0 Å². The van der Waals surface area contributed by atoms with Crippen molar-refractivity contribution >= 4 is 29.2 Å². The van der Waals surface area contributed by atoms with Crippen molar-refractivity contribution in [1.29, 1.82) is 0 Å². The summed E-state index contributed by atoms with van der Waals surface area (Å²) in [7, 11) is 0. The number of hydrogen-bond donors (Lipinski definition) is 2. The first-order valence-electron chi connectivity index (χ1n) is 4.18. The van der Waals surface area contributed by atoms with Gasteiger partial charge in [-0.05, 0) is 19.1 Å². The van der Waals surface area contributed by atoms with Gasteiger partial charge in [0.25, 0.3) is 0 Å². The van der Waals surface area contributed by atoms with Crippen molar-refractivity contribution in [1.82, 2.24) is 11.1 Å². The number of carbonyl (C=O) groups is 1. The van der Waals surface area contributed by atoms with E-state index in [1.54, 1.807) is 0 Å². The number of hydrogen-bond acceptors (Lipinski definition) is 5. The van der Waals surface area contributed by atoms with E-state index in [-0.39, 0.29) is 28.6 Å². The molecule has 1 unspecified atom stereocenters. The third-order valence-electron chi connectivity index (χ3n) is 1.46. The number of nitrogens with zero attached hydrogens (tertiary/aromatic N) is 1. The van der Waals surface area contributed by atoms with Crippen LogP contribution < -0.4 is 6.15 Å². The van der Waals surface area contributed by atoms with Crippen LogP contribution in [0.4, 0.5) is 0 Å². The molecule has 0 bridgehead atoms. The second kappa shape index (κ2) is 6.65. The van der Waals surface area contributed by atoms with Gasteiger partial charge in [-0.15, -0.1) is 0 Å². The minimum absolute atomic E-state index is 0. The number of ether oxygens (including phenoxy) is 1. The molecule has 1 rings (SSSR count). The molecule has 0 amide bonds. The molecule has 0 radical (unpaired) electrons. The molecule has 0 aromatic carbocycles. The van der Waals surface area contributed by atoms with Crippen LogP contribution in [0.3, 0.4) is 0 Å². The summed E-state index contributed by atoms with van der Waals surface area (Å²) < 4.78 is 4.73. The van der Waals surface area contributed by atoms with Crippen molar-refractivity contribution < 1.29 is 14.6 Å². The predicted molar refractivity (Wildman–Crippen MR) is 61.2 cm³/mol. The molecular formula is C9H12Cl2N2O3. The monoisotopic (exact) mass is 266 g/mol. The third kappa shape index (κ3) is 4.32. The number of aromatic nitrogens is 1. The smallest absolute Gasteiger partial charge is 0.358 e. The van der Waals surface area contributed by atoms with Gasteiger partial charge in [-0.1, -0.05) is 23.2 Å². The van der Waals surface area contributed by atoms with Crippen LogP contribution in [-0.4, -0.2) is 28.8 Å². The molecule has 1 atom stereocenters. The number of carbonyl (C=O) groups excluding carboxylic acids is 1. The predicted octanol–water partition coefficient (Wildman–Crippen LogP) is 2.09. The number of aliphatic hydroxyl groups excluding tert-OH is 1. The molecule has 0 spiro atoms. The average Bonchev–Trinajstić information content (AvgIpc) is 2.18. The molecule has 1 heterocycles. The summed E-state index contributed by atoms with van der Waals surface area (Å²) >= 11 is 11.3. The highest BCUT2D eigenvalue weighted by molar-refractivity contribution is 6.34. The van der Waals surface area contributed by atoms with Gasteiger partial charge in [0.05, 0.1) is 11.1 Å². The topological polar surface area (TPSA) is 94.4 Å². The molecule has 90 valence electrons. The molecule has 0 aliphatic carbocycles. The van der Waals surface area contributed by atoms with E-state index >= 15 is 0 Å². The summed E-state index contributed by atoms with van der Waals surface area (Å²) in [5, 5.41) is 9.23. The lowest BCUT2D eigenvalue weighted by atomic mass is 10.3. The summed E-state index contributed by atoms with van der Waals surface area (Å²) in [6, 6.07) is 2.92. The maximum Gasteiger partial charge on any atom is 0.358 e. The van der Waals surface area contributed by atoms with E-state index in [1.807, 2.05) is 0 Å². The normalized spacial score (nSPS) is 11.5. The van der Waals surface area contributed by atoms with Crippen LogP contribution in [0.2, 0.25) is 10.2 Å². The number of aliphatic hydroxyl groups is 1. The van der Waals surface area contributed by atoms with E-state index < -0.39 is 12.1 Å². The molecular weight excluding hydrogens is 255 g/mol. The van der Waals surface area contributed by atoms with Crippen LogP contribution in [0, 0.1) is 0 Å². The summed E-state index contributed by atoms with van der Waals surface area (Å²) in [5.74, 6) is -0.705. The van der Waals surface area contributed by atoms with Crippen molar-refractivity contribution in [3.8, 4) is 0 Å². The quantitative estimate of drug-likeness (QED) is 0.645. The molecule has 0 saturated heterocycles. The van der Waals surface area contributed by atoms with Crippen molar-refractivity contribution in [3.05, 3.63) is 28.0 Å². The fraction of sp³-hybridized carbons (Fsp3) is 0.333. The van der Waals surface area contributed by atoms with E-state index in [2.05, 4.69) is 4.98 Å². The van der Waals surface area contributed by atoms with E-state index in [0.717, 1.165) is 0 Å². The zero-order valence-corrected chi connectivity index (χ0v) is 10.1. The van der Waals surface area contributed by atoms with E-state index in [4.69, 9.17) is 33.0 Å². The Morgan fingerprint density at radius 1 is 1.56 bits per heavy atom. The van der Waals surface area contributed by atoms with Gasteiger partial charge in [-0.25, -0.2) is 9.78 Å². The molecule has 1 aromatic heterocycles. The van der Waals surface area contributed by atoms with Crippen LogP contribution in [0.15, 0.2) is 12.1 Å². The van der Waals surface area contributed by atoms with Crippen LogP contribution in [0.25, 0.3) is 0 Å². The lowest BCUT2D eigenvalue weighted by molar-refractivity contribution is 0.0290. The lowest BCUT2D eigenvalue weighted by Gasteiger charge is -2.07. The number of esters is 1. The minimum Gasteiger partial charge on any atom is -0.458 e. The number of halogens is 2. The van der Waals surface area contributed by atoms with Crippen LogP contribution in [-0.2, 0) is 4.74 Å². The third-order valence-corrected chi connectivity index (χ3v) is 1.98. The second-order valence-corrected chi connectivity index (χ2v) is 3.71. The van der Waals surface area contributed by atoms with E-state index in [1.165, 1.54) is 19.1 Å². The summed E-state index contributed by atoms with van der Waals surface area (Å²) in [6.45, 7) is 1.39. The summed E-state index contributed by atoms with van der Waals surface area (Å²) in [6.07, 6.45) is -0.730. The fourth-order valence-electron chi connectivity index (χ4n) is 0.826. The fourth-order valence-corrected chi connectivity index (χ4v) is 1.16. The molecule has 0 fully saturated rings. The molecule has 1 aromatic rings. The zero-order chi connectivity index (χ0) is 11.4. The number of pyridine rings is 1. The minimum atomic E-state index is -0.730. The Kier molecular flexibility index (Phi) is 6.28. The SMILES string of the molecule is CC(O)COC(=O)c1nc(Cl)ccc1Cl.N. The highest BCUT2D eigenvalue weighted by Crippen LogP contribution is 2.17. The van der Waals surface area contributed by atoms with Gasteiger partial charge in [-0.3, -0.25) is 0 Å². The zero-order valence-electron chi connectivity index (χ0n) is 8.61. The van der Waals surface area contributed by atoms with Gasteiger partial charge in [0.2, 0.25) is 0 Å². The molecule has 5 nitrogen and oxygen atoms in total. The number of rotatable bonds is 3. The maximum atomic E-state index is 11.4. The summed E-state index contributed by atoms with van der Waals surface area (Å²) in [5.41, 5.74) is -0.0511. The summed E-state index contributed by atoms with van der Waals surface area (Å²) in [4.78, 5) is 15.1.